The average Bonchev–Trinajstić information content (AvgIpc) is 3.04. The van der Waals surface area contributed by atoms with Crippen LogP contribution in [0.1, 0.15) is 10.5 Å². The van der Waals surface area contributed by atoms with E-state index in [9.17, 15) is 18.4 Å². The van der Waals surface area contributed by atoms with Crippen LogP contribution >= 0.6 is 11.8 Å². The fourth-order valence-corrected chi connectivity index (χ4v) is 3.11. The molecule has 1 aliphatic heterocycles. The molecule has 0 saturated heterocycles. The Morgan fingerprint density at radius 1 is 1.43 bits per heavy atom. The number of H-pyrrole nitrogens is 1. The zero-order valence-electron chi connectivity index (χ0n) is 11.8. The third kappa shape index (κ3) is 3.34. The Balaban J connectivity index is 1.86. The van der Waals surface area contributed by atoms with Gasteiger partial charge >= 0.3 is 0 Å². The highest BCUT2D eigenvalue weighted by atomic mass is 32.2. The quantitative estimate of drug-likeness (QED) is 0.897. The van der Waals surface area contributed by atoms with Crippen LogP contribution in [0.15, 0.2) is 35.4 Å². The number of carbonyl (C=O) groups is 2. The zero-order chi connectivity index (χ0) is 16.4. The van der Waals surface area contributed by atoms with Crippen LogP contribution in [0.4, 0.5) is 20.2 Å². The van der Waals surface area contributed by atoms with E-state index in [2.05, 4.69) is 15.5 Å². The molecule has 23 heavy (non-hydrogen) atoms. The van der Waals surface area contributed by atoms with Crippen molar-refractivity contribution in [3.63, 3.8) is 0 Å². The zero-order valence-corrected chi connectivity index (χ0v) is 12.6. The molecule has 9 heteroatoms. The van der Waals surface area contributed by atoms with Crippen molar-refractivity contribution in [3.8, 4) is 0 Å². The molecule has 0 bridgehead atoms. The number of carbonyl (C=O) groups excluding carboxylic acids is 2. The molecule has 1 aromatic carbocycles. The number of benzene rings is 1. The van der Waals surface area contributed by atoms with Crippen LogP contribution in [-0.2, 0) is 4.79 Å². The van der Waals surface area contributed by atoms with Gasteiger partial charge in [0.2, 0.25) is 5.91 Å². The highest BCUT2D eigenvalue weighted by Crippen LogP contribution is 2.37. The minimum absolute atomic E-state index is 0.125. The van der Waals surface area contributed by atoms with Gasteiger partial charge in [-0.25, -0.2) is 8.78 Å². The van der Waals surface area contributed by atoms with Crippen molar-refractivity contribution in [2.24, 2.45) is 0 Å². The lowest BCUT2D eigenvalue weighted by Gasteiger charge is -2.29. The summed E-state index contributed by atoms with van der Waals surface area (Å²) in [5.41, 5.74) is 1.07. The smallest absolute Gasteiger partial charge is 0.273 e. The number of fused-ring (bicyclic) bond motifs is 1. The van der Waals surface area contributed by atoms with Gasteiger partial charge in [-0.2, -0.15) is 5.10 Å². The number of alkyl halides is 2. The Morgan fingerprint density at radius 3 is 2.96 bits per heavy atom. The van der Waals surface area contributed by atoms with Gasteiger partial charge in [0.15, 0.2) is 0 Å². The van der Waals surface area contributed by atoms with Crippen LogP contribution in [0.2, 0.25) is 0 Å². The topological polar surface area (TPSA) is 78.1 Å². The Kier molecular flexibility index (Phi) is 4.28. The molecular weight excluding hydrogens is 326 g/mol. The summed E-state index contributed by atoms with van der Waals surface area (Å²) in [6.07, 6.45) is -1.18. The Morgan fingerprint density at radius 2 is 2.26 bits per heavy atom. The second-order valence-electron chi connectivity index (χ2n) is 4.79. The fourth-order valence-electron chi connectivity index (χ4n) is 2.20. The maximum absolute atomic E-state index is 12.7. The number of rotatable bonds is 4. The largest absolute Gasteiger partial charge is 0.321 e. The van der Waals surface area contributed by atoms with Gasteiger partial charge in [-0.15, -0.1) is 11.8 Å². The van der Waals surface area contributed by atoms with E-state index in [1.165, 1.54) is 30.1 Å². The van der Waals surface area contributed by atoms with Crippen LogP contribution in [0.25, 0.3) is 0 Å². The van der Waals surface area contributed by atoms with E-state index in [0.29, 0.717) is 11.4 Å². The van der Waals surface area contributed by atoms with Crippen molar-refractivity contribution in [2.75, 3.05) is 22.5 Å². The number of nitrogens with one attached hydrogen (secondary N) is 2. The number of anilines is 2. The molecule has 0 aliphatic carbocycles. The summed E-state index contributed by atoms with van der Waals surface area (Å²) < 4.78 is 25.4. The highest BCUT2D eigenvalue weighted by Gasteiger charge is 2.27. The van der Waals surface area contributed by atoms with Crippen molar-refractivity contribution in [2.45, 2.75) is 11.3 Å². The molecule has 0 saturated carbocycles. The molecule has 0 unspecified atom stereocenters. The summed E-state index contributed by atoms with van der Waals surface area (Å²) in [4.78, 5) is 25.6. The number of thioether (sulfide) groups is 1. The summed E-state index contributed by atoms with van der Waals surface area (Å²) in [5.74, 6) is -0.656. The second kappa shape index (κ2) is 6.37. The van der Waals surface area contributed by atoms with Crippen molar-refractivity contribution in [3.05, 3.63) is 36.2 Å². The van der Waals surface area contributed by atoms with Crippen LogP contribution in [0.3, 0.4) is 0 Å². The van der Waals surface area contributed by atoms with Crippen LogP contribution in [0.5, 0.6) is 0 Å². The highest BCUT2D eigenvalue weighted by molar-refractivity contribution is 8.00. The van der Waals surface area contributed by atoms with Crippen LogP contribution in [-0.4, -0.2) is 40.7 Å². The predicted molar refractivity (Wildman–Crippen MR) is 82.1 cm³/mol. The lowest BCUT2D eigenvalue weighted by Crippen LogP contribution is -2.38. The van der Waals surface area contributed by atoms with Gasteiger partial charge in [0.25, 0.3) is 12.3 Å². The molecule has 3 rings (SSSR count). The number of hydrogen-bond acceptors (Lipinski definition) is 4. The van der Waals surface area contributed by atoms with Crippen LogP contribution < -0.4 is 10.2 Å². The van der Waals surface area contributed by atoms with Crippen molar-refractivity contribution >= 4 is 35.0 Å². The third-order valence-corrected chi connectivity index (χ3v) is 4.27. The summed E-state index contributed by atoms with van der Waals surface area (Å²) in [5, 5.41) is 8.85. The van der Waals surface area contributed by atoms with Gasteiger partial charge in [-0.1, -0.05) is 0 Å². The van der Waals surface area contributed by atoms with E-state index in [1.807, 2.05) is 0 Å². The number of aromatic amines is 1. The number of amides is 2. The standard InChI is InChI=1S/C14H12F2N4O2S/c15-12(16)6-20-10-5-8(1-2-11(10)23-7-13(20)21)18-14(22)9-3-4-17-19-9/h1-5,12H,6-7H2,(H,17,19)(H,18,22). The van der Waals surface area contributed by atoms with E-state index < -0.39 is 18.9 Å². The van der Waals surface area contributed by atoms with Gasteiger partial charge in [0, 0.05) is 16.8 Å². The Bertz CT molecular complexity index is 736. The lowest BCUT2D eigenvalue weighted by atomic mass is 10.2. The average molecular weight is 338 g/mol. The molecule has 0 fully saturated rings. The molecule has 2 heterocycles. The van der Waals surface area contributed by atoms with Crippen molar-refractivity contribution in [1.29, 1.82) is 0 Å². The maximum atomic E-state index is 12.7. The van der Waals surface area contributed by atoms with Gasteiger partial charge in [0.1, 0.15) is 5.69 Å². The Hall–Kier alpha value is -2.42. The minimum Gasteiger partial charge on any atom is -0.321 e. The minimum atomic E-state index is -2.63. The van der Waals surface area contributed by atoms with E-state index in [-0.39, 0.29) is 17.4 Å². The molecule has 1 aliphatic rings. The van der Waals surface area contributed by atoms with Crippen molar-refractivity contribution in [1.82, 2.24) is 10.2 Å². The number of halogens is 2. The molecule has 2 amide bonds. The first-order chi connectivity index (χ1) is 11.0. The predicted octanol–water partition coefficient (Wildman–Crippen LogP) is 2.37. The van der Waals surface area contributed by atoms with E-state index in [1.54, 1.807) is 12.1 Å². The first-order valence-corrected chi connectivity index (χ1v) is 7.69. The van der Waals surface area contributed by atoms with Gasteiger partial charge in [-0.3, -0.25) is 14.7 Å². The Labute approximate surface area is 134 Å². The summed E-state index contributed by atoms with van der Waals surface area (Å²) in [6, 6.07) is 6.40. The summed E-state index contributed by atoms with van der Waals surface area (Å²) >= 11 is 1.29. The SMILES string of the molecule is O=C(Nc1ccc2c(c1)N(CC(F)F)C(=O)CS2)c1ccn[nH]1. The molecule has 1 aromatic heterocycles. The first-order valence-electron chi connectivity index (χ1n) is 6.70. The number of aromatic nitrogens is 2. The second-order valence-corrected chi connectivity index (χ2v) is 5.81. The molecule has 0 spiro atoms. The third-order valence-electron chi connectivity index (χ3n) is 3.23. The number of nitrogens with zero attached hydrogens (tertiary/aromatic N) is 2. The van der Waals surface area contributed by atoms with Gasteiger partial charge in [-0.05, 0) is 24.3 Å². The van der Waals surface area contributed by atoms with Crippen molar-refractivity contribution < 1.29 is 18.4 Å². The summed E-state index contributed by atoms with van der Waals surface area (Å²) in [7, 11) is 0. The van der Waals surface area contributed by atoms with E-state index >= 15 is 0 Å². The van der Waals surface area contributed by atoms with Crippen LogP contribution in [0, 0.1) is 0 Å². The molecule has 2 N–H and O–H groups in total. The van der Waals surface area contributed by atoms with Gasteiger partial charge < -0.3 is 10.2 Å². The maximum Gasteiger partial charge on any atom is 0.273 e. The van der Waals surface area contributed by atoms with E-state index in [0.717, 1.165) is 9.80 Å². The van der Waals surface area contributed by atoms with Gasteiger partial charge in [0.05, 0.1) is 18.0 Å². The fraction of sp³-hybridized carbons (Fsp3) is 0.214. The van der Waals surface area contributed by atoms with E-state index in [4.69, 9.17) is 0 Å². The number of hydrogen-bond donors (Lipinski definition) is 2. The lowest BCUT2D eigenvalue weighted by molar-refractivity contribution is -0.116. The molecule has 0 radical (unpaired) electrons. The normalized spacial score (nSPS) is 14.0. The molecular formula is C14H12F2N4O2S. The molecule has 2 aromatic rings. The summed E-state index contributed by atoms with van der Waals surface area (Å²) in [6.45, 7) is -0.662. The first kappa shape index (κ1) is 15.5. The monoisotopic (exact) mass is 338 g/mol. The molecule has 120 valence electrons. The molecule has 0 atom stereocenters. The molecule has 6 nitrogen and oxygen atoms in total.